The van der Waals surface area contributed by atoms with Crippen molar-refractivity contribution in [1.29, 1.82) is 0 Å². The number of oxazole rings is 1. The first kappa shape index (κ1) is 16.6. The second-order valence-corrected chi connectivity index (χ2v) is 6.77. The highest BCUT2D eigenvalue weighted by atomic mass is 32.2. The van der Waals surface area contributed by atoms with Crippen molar-refractivity contribution in [2.45, 2.75) is 19.4 Å². The number of amides is 1. The number of hydrogen-bond acceptors (Lipinski definition) is 5. The van der Waals surface area contributed by atoms with Crippen molar-refractivity contribution in [3.05, 3.63) is 41.8 Å². The quantitative estimate of drug-likeness (QED) is 0.916. The summed E-state index contributed by atoms with van der Waals surface area (Å²) < 4.78 is 5.71. The van der Waals surface area contributed by atoms with E-state index < -0.39 is 5.97 Å². The van der Waals surface area contributed by atoms with E-state index in [4.69, 9.17) is 9.52 Å². The Balaban J connectivity index is 1.86. The summed E-state index contributed by atoms with van der Waals surface area (Å²) in [7, 11) is 0. The third-order valence-electron chi connectivity index (χ3n) is 3.91. The van der Waals surface area contributed by atoms with Crippen LogP contribution in [0.3, 0.4) is 0 Å². The van der Waals surface area contributed by atoms with Crippen LogP contribution >= 0.6 is 11.8 Å². The van der Waals surface area contributed by atoms with E-state index in [9.17, 15) is 9.59 Å². The number of thioether (sulfide) groups is 1. The van der Waals surface area contributed by atoms with E-state index in [1.54, 1.807) is 23.6 Å². The largest absolute Gasteiger partial charge is 0.481 e. The molecule has 3 rings (SSSR count). The van der Waals surface area contributed by atoms with Crippen molar-refractivity contribution in [1.82, 2.24) is 9.88 Å². The molecule has 6 nitrogen and oxygen atoms in total. The maximum Gasteiger partial charge on any atom is 0.305 e. The average molecular weight is 346 g/mol. The molecule has 24 heavy (non-hydrogen) atoms. The number of aliphatic carboxylic acids is 1. The van der Waals surface area contributed by atoms with E-state index in [-0.39, 0.29) is 24.1 Å². The van der Waals surface area contributed by atoms with Crippen molar-refractivity contribution in [3.63, 3.8) is 0 Å². The highest BCUT2D eigenvalue weighted by Gasteiger charge is 2.32. The topological polar surface area (TPSA) is 83.6 Å². The Morgan fingerprint density at radius 2 is 2.12 bits per heavy atom. The van der Waals surface area contributed by atoms with Crippen LogP contribution in [0.15, 0.2) is 34.7 Å². The fourth-order valence-corrected chi connectivity index (χ4v) is 3.78. The van der Waals surface area contributed by atoms with Gasteiger partial charge in [-0.3, -0.25) is 9.59 Å². The van der Waals surface area contributed by atoms with Crippen LogP contribution < -0.4 is 0 Å². The maximum atomic E-state index is 12.8. The maximum absolute atomic E-state index is 12.8. The third-order valence-corrected chi connectivity index (χ3v) is 5.00. The molecular weight excluding hydrogens is 328 g/mol. The first-order valence-corrected chi connectivity index (χ1v) is 8.85. The molecule has 0 radical (unpaired) electrons. The van der Waals surface area contributed by atoms with E-state index in [0.717, 1.165) is 11.3 Å². The summed E-state index contributed by atoms with van der Waals surface area (Å²) in [5.74, 6) is 0.819. The number of carbonyl (C=O) groups is 2. The zero-order valence-corrected chi connectivity index (χ0v) is 14.1. The number of benzene rings is 1. The van der Waals surface area contributed by atoms with Crippen LogP contribution in [0.1, 0.15) is 22.7 Å². The smallest absolute Gasteiger partial charge is 0.305 e. The molecule has 1 aliphatic heterocycles. The predicted molar refractivity (Wildman–Crippen MR) is 91.1 cm³/mol. The molecular formula is C17H18N2O4S. The van der Waals surface area contributed by atoms with Crippen molar-refractivity contribution in [3.8, 4) is 11.5 Å². The molecule has 1 atom stereocenters. The van der Waals surface area contributed by atoms with Crippen molar-refractivity contribution in [2.24, 2.45) is 0 Å². The highest BCUT2D eigenvalue weighted by Crippen LogP contribution is 2.26. The van der Waals surface area contributed by atoms with Crippen LogP contribution in [0, 0.1) is 6.92 Å². The molecule has 1 aromatic carbocycles. The molecule has 1 fully saturated rings. The van der Waals surface area contributed by atoms with Gasteiger partial charge in [0.25, 0.3) is 5.91 Å². The summed E-state index contributed by atoms with van der Waals surface area (Å²) in [6.07, 6.45) is -0.0581. The number of carbonyl (C=O) groups excluding carboxylic acids is 1. The Kier molecular flexibility index (Phi) is 4.89. The van der Waals surface area contributed by atoms with E-state index in [0.29, 0.717) is 23.9 Å². The number of aryl methyl sites for hydroxylation is 1. The molecule has 0 saturated carbocycles. The highest BCUT2D eigenvalue weighted by molar-refractivity contribution is 7.99. The van der Waals surface area contributed by atoms with Gasteiger partial charge in [0.2, 0.25) is 11.7 Å². The van der Waals surface area contributed by atoms with Crippen molar-refractivity contribution in [2.75, 3.05) is 18.1 Å². The van der Waals surface area contributed by atoms with Crippen LogP contribution in [-0.2, 0) is 4.79 Å². The summed E-state index contributed by atoms with van der Waals surface area (Å²) in [6.45, 7) is 2.25. The average Bonchev–Trinajstić information content (AvgIpc) is 2.97. The van der Waals surface area contributed by atoms with Gasteiger partial charge in [-0.15, -0.1) is 0 Å². The Morgan fingerprint density at radius 1 is 1.38 bits per heavy atom. The molecule has 0 bridgehead atoms. The monoisotopic (exact) mass is 346 g/mol. The van der Waals surface area contributed by atoms with E-state index in [1.165, 1.54) is 0 Å². The summed E-state index contributed by atoms with van der Waals surface area (Å²) in [5.41, 5.74) is 1.32. The van der Waals surface area contributed by atoms with Gasteiger partial charge < -0.3 is 14.4 Å². The molecule has 1 unspecified atom stereocenters. The van der Waals surface area contributed by atoms with E-state index >= 15 is 0 Å². The third kappa shape index (κ3) is 3.46. The molecule has 1 N–H and O–H groups in total. The molecule has 0 aliphatic carbocycles. The summed E-state index contributed by atoms with van der Waals surface area (Å²) in [4.78, 5) is 29.8. The molecule has 1 amide bonds. The van der Waals surface area contributed by atoms with Gasteiger partial charge >= 0.3 is 5.97 Å². The summed E-state index contributed by atoms with van der Waals surface area (Å²) in [6, 6.07) is 9.06. The lowest BCUT2D eigenvalue weighted by Crippen LogP contribution is -2.47. The standard InChI is InChI=1S/C17H18N2O4S/c1-11-15(23-16(18-11)12-5-3-2-4-6-12)17(22)19-7-8-24-10-13(19)9-14(20)21/h2-6,13H,7-10H2,1H3,(H,20,21). The molecule has 1 aliphatic rings. The molecule has 2 heterocycles. The molecule has 126 valence electrons. The molecule has 7 heteroatoms. The van der Waals surface area contributed by atoms with Crippen LogP contribution in [0.2, 0.25) is 0 Å². The zero-order chi connectivity index (χ0) is 17.1. The number of hydrogen-bond donors (Lipinski definition) is 1. The van der Waals surface area contributed by atoms with Gasteiger partial charge in [0.1, 0.15) is 0 Å². The van der Waals surface area contributed by atoms with Crippen LogP contribution in [-0.4, -0.2) is 51.0 Å². The number of aromatic nitrogens is 1. The van der Waals surface area contributed by atoms with Gasteiger partial charge in [-0.1, -0.05) is 18.2 Å². The zero-order valence-electron chi connectivity index (χ0n) is 13.3. The SMILES string of the molecule is Cc1nc(-c2ccccc2)oc1C(=O)N1CCSCC1CC(=O)O. The van der Waals surface area contributed by atoms with E-state index in [2.05, 4.69) is 4.98 Å². The van der Waals surface area contributed by atoms with Gasteiger partial charge in [0.05, 0.1) is 18.2 Å². The first-order valence-electron chi connectivity index (χ1n) is 7.69. The second-order valence-electron chi connectivity index (χ2n) is 5.62. The van der Waals surface area contributed by atoms with Gasteiger partial charge in [-0.05, 0) is 19.1 Å². The first-order chi connectivity index (χ1) is 11.6. The van der Waals surface area contributed by atoms with Crippen molar-refractivity contribution < 1.29 is 19.1 Å². The molecule has 2 aromatic rings. The normalized spacial score (nSPS) is 17.7. The number of carboxylic acids is 1. The Bertz CT molecular complexity index is 744. The number of nitrogens with zero attached hydrogens (tertiary/aromatic N) is 2. The van der Waals surface area contributed by atoms with Crippen LogP contribution in [0.25, 0.3) is 11.5 Å². The minimum absolute atomic E-state index is 0.0581. The Labute approximate surface area is 143 Å². The van der Waals surface area contributed by atoms with Gasteiger partial charge in [0.15, 0.2) is 0 Å². The van der Waals surface area contributed by atoms with Gasteiger partial charge in [-0.25, -0.2) is 4.98 Å². The second kappa shape index (κ2) is 7.09. The van der Waals surface area contributed by atoms with Crippen LogP contribution in [0.4, 0.5) is 0 Å². The minimum atomic E-state index is -0.903. The predicted octanol–water partition coefficient (Wildman–Crippen LogP) is 2.68. The molecule has 1 aromatic heterocycles. The fourth-order valence-electron chi connectivity index (χ4n) is 2.72. The molecule has 1 saturated heterocycles. The molecule has 0 spiro atoms. The van der Waals surface area contributed by atoms with Crippen molar-refractivity contribution >= 4 is 23.6 Å². The minimum Gasteiger partial charge on any atom is -0.481 e. The summed E-state index contributed by atoms with van der Waals surface area (Å²) in [5, 5.41) is 9.06. The van der Waals surface area contributed by atoms with Gasteiger partial charge in [0, 0.05) is 23.6 Å². The fraction of sp³-hybridized carbons (Fsp3) is 0.353. The number of rotatable bonds is 4. The lowest BCUT2D eigenvalue weighted by Gasteiger charge is -2.34. The lowest BCUT2D eigenvalue weighted by molar-refractivity contribution is -0.138. The Hall–Kier alpha value is -2.28. The van der Waals surface area contributed by atoms with Crippen LogP contribution in [0.5, 0.6) is 0 Å². The lowest BCUT2D eigenvalue weighted by atomic mass is 10.1. The number of carboxylic acid groups (broad SMARTS) is 1. The Morgan fingerprint density at radius 3 is 2.83 bits per heavy atom. The van der Waals surface area contributed by atoms with Gasteiger partial charge in [-0.2, -0.15) is 11.8 Å². The van der Waals surface area contributed by atoms with E-state index in [1.807, 2.05) is 30.3 Å². The summed E-state index contributed by atoms with van der Waals surface area (Å²) >= 11 is 1.66.